The quantitative estimate of drug-likeness (QED) is 0.859. The van der Waals surface area contributed by atoms with Crippen molar-refractivity contribution in [2.45, 2.75) is 50.2 Å². The Hall–Kier alpha value is -1.02. The lowest BCUT2D eigenvalue weighted by Gasteiger charge is -2.19. The molecule has 0 amide bonds. The van der Waals surface area contributed by atoms with Crippen LogP contribution in [0.1, 0.15) is 43.6 Å². The number of rotatable bonds is 4. The van der Waals surface area contributed by atoms with Crippen LogP contribution in [0.25, 0.3) is 0 Å². The van der Waals surface area contributed by atoms with Crippen molar-refractivity contribution in [3.63, 3.8) is 0 Å². The van der Waals surface area contributed by atoms with Crippen LogP contribution >= 0.6 is 0 Å². The molecule has 1 aromatic carbocycles. The second kappa shape index (κ2) is 4.69. The molecule has 2 aliphatic carbocycles. The minimum Gasteiger partial charge on any atom is -0.490 e. The van der Waals surface area contributed by atoms with Crippen LogP contribution < -0.4 is 10.1 Å². The maximum Gasteiger partial charge on any atom is 0.119 e. The first-order chi connectivity index (χ1) is 8.36. The molecule has 92 valence electrons. The Morgan fingerprint density at radius 1 is 1.06 bits per heavy atom. The Bertz CT molecular complexity index is 369. The number of hydrogen-bond donors (Lipinski definition) is 1. The van der Waals surface area contributed by atoms with E-state index in [2.05, 4.69) is 36.6 Å². The van der Waals surface area contributed by atoms with E-state index in [4.69, 9.17) is 4.74 Å². The molecule has 0 spiro atoms. The van der Waals surface area contributed by atoms with Gasteiger partial charge in [-0.25, -0.2) is 0 Å². The minimum atomic E-state index is 0.498. The lowest BCUT2D eigenvalue weighted by atomic mass is 9.94. The van der Waals surface area contributed by atoms with Crippen LogP contribution in [-0.2, 0) is 0 Å². The van der Waals surface area contributed by atoms with Gasteiger partial charge < -0.3 is 10.1 Å². The first-order valence-corrected chi connectivity index (χ1v) is 6.80. The third-order valence-electron chi connectivity index (χ3n) is 4.02. The summed E-state index contributed by atoms with van der Waals surface area (Å²) in [6.45, 7) is 0. The Labute approximate surface area is 103 Å². The molecule has 2 saturated carbocycles. The van der Waals surface area contributed by atoms with Crippen LogP contribution in [0.15, 0.2) is 24.3 Å². The highest BCUT2D eigenvalue weighted by molar-refractivity contribution is 5.31. The molecule has 1 aromatic rings. The molecule has 2 heteroatoms. The maximum atomic E-state index is 5.78. The Balaban J connectivity index is 1.69. The van der Waals surface area contributed by atoms with Crippen LogP contribution in [0.4, 0.5) is 0 Å². The molecule has 1 N–H and O–H groups in total. The predicted molar refractivity (Wildman–Crippen MR) is 69.5 cm³/mol. The average Bonchev–Trinajstić information content (AvgIpc) is 3.05. The van der Waals surface area contributed by atoms with E-state index in [1.807, 2.05) is 0 Å². The SMILES string of the molecule is CNC1CCCC1c1ccc(OC2CC2)cc1. The second-order valence-electron chi connectivity index (χ2n) is 5.32. The largest absolute Gasteiger partial charge is 0.490 e. The van der Waals surface area contributed by atoms with E-state index in [9.17, 15) is 0 Å². The van der Waals surface area contributed by atoms with Gasteiger partial charge in [-0.3, -0.25) is 0 Å². The van der Waals surface area contributed by atoms with Gasteiger partial charge in [0.15, 0.2) is 0 Å². The summed E-state index contributed by atoms with van der Waals surface area (Å²) in [5, 5.41) is 3.44. The van der Waals surface area contributed by atoms with Crippen molar-refractivity contribution < 1.29 is 4.74 Å². The smallest absolute Gasteiger partial charge is 0.119 e. The maximum absolute atomic E-state index is 5.78. The fourth-order valence-electron chi connectivity index (χ4n) is 2.88. The van der Waals surface area contributed by atoms with Crippen LogP contribution in [0, 0.1) is 0 Å². The molecule has 2 nitrogen and oxygen atoms in total. The second-order valence-corrected chi connectivity index (χ2v) is 5.32. The van der Waals surface area contributed by atoms with Crippen LogP contribution in [0.3, 0.4) is 0 Å². The summed E-state index contributed by atoms with van der Waals surface area (Å²) >= 11 is 0. The molecule has 17 heavy (non-hydrogen) atoms. The number of nitrogens with one attached hydrogen (secondary N) is 1. The van der Waals surface area contributed by atoms with E-state index in [1.54, 1.807) is 0 Å². The fourth-order valence-corrected chi connectivity index (χ4v) is 2.88. The van der Waals surface area contributed by atoms with E-state index in [1.165, 1.54) is 37.7 Å². The molecule has 0 bridgehead atoms. The average molecular weight is 231 g/mol. The lowest BCUT2D eigenvalue weighted by molar-refractivity contribution is 0.303. The number of benzene rings is 1. The van der Waals surface area contributed by atoms with Gasteiger partial charge in [0.1, 0.15) is 5.75 Å². The highest BCUT2D eigenvalue weighted by atomic mass is 16.5. The summed E-state index contributed by atoms with van der Waals surface area (Å²) in [7, 11) is 2.08. The molecule has 2 unspecified atom stereocenters. The Morgan fingerprint density at radius 2 is 1.82 bits per heavy atom. The van der Waals surface area contributed by atoms with E-state index in [-0.39, 0.29) is 0 Å². The summed E-state index contributed by atoms with van der Waals surface area (Å²) in [4.78, 5) is 0. The monoisotopic (exact) mass is 231 g/mol. The van der Waals surface area contributed by atoms with Crippen molar-refractivity contribution in [1.29, 1.82) is 0 Å². The van der Waals surface area contributed by atoms with Crippen LogP contribution in [-0.4, -0.2) is 19.2 Å². The van der Waals surface area contributed by atoms with Gasteiger partial charge in [0.2, 0.25) is 0 Å². The highest BCUT2D eigenvalue weighted by Gasteiger charge is 2.27. The molecule has 0 aromatic heterocycles. The number of ether oxygens (including phenoxy) is 1. The van der Waals surface area contributed by atoms with E-state index in [0.717, 1.165) is 5.75 Å². The van der Waals surface area contributed by atoms with Gasteiger partial charge in [-0.05, 0) is 56.3 Å². The Kier molecular flexibility index (Phi) is 3.06. The van der Waals surface area contributed by atoms with Gasteiger partial charge in [-0.1, -0.05) is 18.6 Å². The lowest BCUT2D eigenvalue weighted by Crippen LogP contribution is -2.27. The van der Waals surface area contributed by atoms with Crippen molar-refractivity contribution >= 4 is 0 Å². The summed E-state index contributed by atoms with van der Waals surface area (Å²) in [6, 6.07) is 9.43. The standard InChI is InChI=1S/C15H21NO/c1-16-15-4-2-3-14(15)11-5-7-12(8-6-11)17-13-9-10-13/h5-8,13-16H,2-4,9-10H2,1H3. The summed E-state index contributed by atoms with van der Waals surface area (Å²) < 4.78 is 5.78. The minimum absolute atomic E-state index is 0.498. The molecule has 2 atom stereocenters. The van der Waals surface area contributed by atoms with Crippen molar-refractivity contribution in [1.82, 2.24) is 5.32 Å². The normalized spacial score (nSPS) is 28.3. The molecule has 0 saturated heterocycles. The van der Waals surface area contributed by atoms with Crippen molar-refractivity contribution in [2.24, 2.45) is 0 Å². The topological polar surface area (TPSA) is 21.3 Å². The zero-order chi connectivity index (χ0) is 11.7. The van der Waals surface area contributed by atoms with Crippen molar-refractivity contribution in [2.75, 3.05) is 7.05 Å². The van der Waals surface area contributed by atoms with Crippen LogP contribution in [0.2, 0.25) is 0 Å². The number of hydrogen-bond acceptors (Lipinski definition) is 2. The van der Waals surface area contributed by atoms with Gasteiger partial charge in [0.25, 0.3) is 0 Å². The fraction of sp³-hybridized carbons (Fsp3) is 0.600. The summed E-state index contributed by atoms with van der Waals surface area (Å²) in [5.41, 5.74) is 1.46. The van der Waals surface area contributed by atoms with Crippen LogP contribution in [0.5, 0.6) is 5.75 Å². The molecular formula is C15H21NO. The van der Waals surface area contributed by atoms with E-state index < -0.39 is 0 Å². The van der Waals surface area contributed by atoms with Crippen molar-refractivity contribution in [3.8, 4) is 5.75 Å². The summed E-state index contributed by atoms with van der Waals surface area (Å²) in [5.74, 6) is 1.73. The molecule has 0 radical (unpaired) electrons. The van der Waals surface area contributed by atoms with Gasteiger partial charge >= 0.3 is 0 Å². The molecule has 0 aliphatic heterocycles. The summed E-state index contributed by atoms with van der Waals surface area (Å²) in [6.07, 6.45) is 6.92. The number of likely N-dealkylation sites (N-methyl/N-ethyl adjacent to an activating group) is 1. The zero-order valence-electron chi connectivity index (χ0n) is 10.5. The first kappa shape index (κ1) is 11.1. The van der Waals surface area contributed by atoms with Gasteiger partial charge in [0, 0.05) is 6.04 Å². The van der Waals surface area contributed by atoms with Gasteiger partial charge in [-0.2, -0.15) is 0 Å². The third-order valence-corrected chi connectivity index (χ3v) is 4.02. The third kappa shape index (κ3) is 2.47. The van der Waals surface area contributed by atoms with Gasteiger partial charge in [0.05, 0.1) is 6.10 Å². The molecule has 2 fully saturated rings. The predicted octanol–water partition coefficient (Wildman–Crippen LogP) is 3.08. The molecule has 2 aliphatic rings. The Morgan fingerprint density at radius 3 is 2.47 bits per heavy atom. The first-order valence-electron chi connectivity index (χ1n) is 6.80. The van der Waals surface area contributed by atoms with Crippen molar-refractivity contribution in [3.05, 3.63) is 29.8 Å². The molecule has 0 heterocycles. The highest BCUT2D eigenvalue weighted by Crippen LogP contribution is 2.35. The molecule has 3 rings (SSSR count). The zero-order valence-corrected chi connectivity index (χ0v) is 10.5. The van der Waals surface area contributed by atoms with Gasteiger partial charge in [-0.15, -0.1) is 0 Å². The molecular weight excluding hydrogens is 210 g/mol. The van der Waals surface area contributed by atoms with E-state index >= 15 is 0 Å². The van der Waals surface area contributed by atoms with E-state index in [0.29, 0.717) is 18.1 Å².